The molecule has 1 rings (SSSR count). The van der Waals surface area contributed by atoms with Gasteiger partial charge in [0.15, 0.2) is 0 Å². The van der Waals surface area contributed by atoms with Crippen molar-refractivity contribution in [2.45, 2.75) is 52.8 Å². The third kappa shape index (κ3) is 14.3. The average molecular weight is 471 g/mol. The zero-order valence-corrected chi connectivity index (χ0v) is 20.7. The van der Waals surface area contributed by atoms with E-state index in [0.717, 1.165) is 15.9 Å². The summed E-state index contributed by atoms with van der Waals surface area (Å²) in [5.41, 5.74) is 3.48. The Kier molecular flexibility index (Phi) is 28.5. The number of rotatable bonds is 4. The summed E-state index contributed by atoms with van der Waals surface area (Å²) in [7, 11) is -0.105. The molecule has 0 atom stereocenters. The van der Waals surface area contributed by atoms with E-state index in [1.165, 1.54) is 11.1 Å². The van der Waals surface area contributed by atoms with E-state index in [9.17, 15) is 0 Å². The van der Waals surface area contributed by atoms with Crippen molar-refractivity contribution < 1.29 is 48.3 Å². The van der Waals surface area contributed by atoms with Crippen LogP contribution in [0.5, 0.6) is 5.75 Å². The normalized spacial score (nSPS) is 8.60. The molecule has 7 nitrogen and oxygen atoms in total. The molecule has 1 aromatic rings. The van der Waals surface area contributed by atoms with Crippen LogP contribution in [0.1, 0.15) is 37.5 Å². The summed E-state index contributed by atoms with van der Waals surface area (Å²) in [5, 5.41) is 0.204. The van der Waals surface area contributed by atoms with E-state index in [-0.39, 0.29) is 5.04 Å². The first-order valence-corrected chi connectivity index (χ1v) is 11.4. The quantitative estimate of drug-likeness (QED) is 0.373. The van der Waals surface area contributed by atoms with Gasteiger partial charge in [-0.1, -0.05) is 0 Å². The topological polar surface area (TPSA) is 118 Å². The molecule has 0 aliphatic carbocycles. The third-order valence-corrected chi connectivity index (χ3v) is 9.01. The molecule has 0 saturated heterocycles. The molecular formula is C21H26CrO7Si. The molecule has 0 amide bonds. The van der Waals surface area contributed by atoms with Crippen molar-refractivity contribution in [2.24, 2.45) is 0 Å². The zero-order valence-electron chi connectivity index (χ0n) is 18.4. The van der Waals surface area contributed by atoms with Gasteiger partial charge in [0.05, 0.1) is 0 Å². The van der Waals surface area contributed by atoms with E-state index in [4.69, 9.17) is 32.4 Å². The molecule has 0 spiro atoms. The maximum absolute atomic E-state index is 7.50. The molecule has 162 valence electrons. The molecule has 0 aliphatic heterocycles. The minimum atomic E-state index is -1.79. The van der Waals surface area contributed by atoms with Gasteiger partial charge >= 0.3 is 189 Å². The molecule has 0 radical (unpaired) electrons. The van der Waals surface area contributed by atoms with Gasteiger partial charge in [-0.05, 0) is 0 Å². The van der Waals surface area contributed by atoms with Gasteiger partial charge in [0, 0.05) is 0 Å². The van der Waals surface area contributed by atoms with Gasteiger partial charge in [0.25, 0.3) is 0 Å². The fraction of sp³-hybridized carbons (Fsp3) is 0.429. The van der Waals surface area contributed by atoms with Gasteiger partial charge in [0.2, 0.25) is 0 Å². The van der Waals surface area contributed by atoms with Crippen LogP contribution in [0.15, 0.2) is 12.1 Å². The van der Waals surface area contributed by atoms with Gasteiger partial charge in [-0.2, -0.15) is 0 Å². The molecule has 0 heterocycles. The van der Waals surface area contributed by atoms with Crippen LogP contribution >= 0.6 is 0 Å². The molecule has 0 unspecified atom stereocenters. The minimum absolute atomic E-state index is 0.204. The Hall–Kier alpha value is -1.70. The van der Waals surface area contributed by atoms with E-state index in [0.29, 0.717) is 0 Å². The number of benzene rings is 1. The van der Waals surface area contributed by atoms with Gasteiger partial charge in [-0.15, -0.1) is 0 Å². The first kappa shape index (κ1) is 38.9. The number of ether oxygens (including phenoxy) is 1. The van der Waals surface area contributed by atoms with Crippen LogP contribution in [-0.2, 0) is 43.8 Å². The number of methoxy groups -OCH3 is 1. The predicted molar refractivity (Wildman–Crippen MR) is 105 cm³/mol. The van der Waals surface area contributed by atoms with Gasteiger partial charge in [0.1, 0.15) is 0 Å². The van der Waals surface area contributed by atoms with Gasteiger partial charge in [-0.3, -0.25) is 0 Å². The van der Waals surface area contributed by atoms with Crippen LogP contribution in [0.2, 0.25) is 18.1 Å². The fourth-order valence-electron chi connectivity index (χ4n) is 1.85. The Morgan fingerprint density at radius 3 is 1.37 bits per heavy atom. The summed E-state index contributed by atoms with van der Waals surface area (Å²) in [6, 6.07) is 4.22. The van der Waals surface area contributed by atoms with E-state index < -0.39 is 8.32 Å². The predicted octanol–water partition coefficient (Wildman–Crippen LogP) is 4.17. The molecule has 9 heteroatoms. The Morgan fingerprint density at radius 2 is 1.13 bits per heavy atom. The van der Waals surface area contributed by atoms with Crippen molar-refractivity contribution in [3.63, 3.8) is 0 Å². The number of hydrogen-bond donors (Lipinski definition) is 0. The Morgan fingerprint density at radius 1 is 0.833 bits per heavy atom. The Bertz CT molecular complexity index is 666. The standard InChI is InChI=1S/C16H26O2Si.5CO.Cr/c1-12-9-14(10-13(2)15(12)11-17-6)18-19(7,8)16(3,4)5;5*1-2;/h9-10H,1-8H3;;;;;;. The summed E-state index contributed by atoms with van der Waals surface area (Å²) >= 11 is 2.98. The molecule has 0 fully saturated rings. The summed E-state index contributed by atoms with van der Waals surface area (Å²) < 4.78 is 50.0. The van der Waals surface area contributed by atoms with Crippen molar-refractivity contribution in [1.29, 1.82) is 0 Å². The first-order valence-electron chi connectivity index (χ1n) is 7.90. The van der Waals surface area contributed by atoms with Crippen molar-refractivity contribution in [3.8, 4) is 5.75 Å². The van der Waals surface area contributed by atoms with E-state index in [2.05, 4.69) is 109 Å². The van der Waals surface area contributed by atoms with Crippen molar-refractivity contribution in [3.05, 3.63) is 62.1 Å². The second-order valence-corrected chi connectivity index (χ2v) is 12.1. The number of aryl methyl sites for hydroxylation is 2. The summed E-state index contributed by atoms with van der Waals surface area (Å²) in [6.07, 6.45) is 0. The molecule has 0 aromatic heterocycles. The second kappa shape index (κ2) is 22.0. The molecule has 30 heavy (non-hydrogen) atoms. The number of hydrogen-bond acceptors (Lipinski definition) is 2. The van der Waals surface area contributed by atoms with Crippen LogP contribution in [0.25, 0.3) is 0 Å². The van der Waals surface area contributed by atoms with Crippen LogP contribution in [0.4, 0.5) is 0 Å². The average Bonchev–Trinajstić information content (AvgIpc) is 2.73. The molecule has 0 saturated carbocycles. The fourth-order valence-corrected chi connectivity index (χ4v) is 3.37. The van der Waals surface area contributed by atoms with Crippen LogP contribution in [-0.4, -0.2) is 20.0 Å². The Balaban J connectivity index is -0.000000182. The maximum atomic E-state index is 7.50. The molecular weight excluding hydrogens is 444 g/mol. The van der Waals surface area contributed by atoms with Crippen molar-refractivity contribution in [1.82, 2.24) is 0 Å². The first-order chi connectivity index (χ1) is 14.0. The SMILES string of the molecule is CO[C](=[Cr])c1c(C)cc(O[Si](C)(C)C(C)(C)C)cc1C.[C-]#[O+].[C-]#[O+].[C-]#[O+].[C-]#[O+].[C-]#[O+]. The van der Waals surface area contributed by atoms with Gasteiger partial charge < -0.3 is 0 Å². The molecule has 1 aromatic carbocycles. The molecule has 0 aliphatic rings. The Labute approximate surface area is 188 Å². The van der Waals surface area contributed by atoms with Crippen molar-refractivity contribution in [2.75, 3.05) is 7.11 Å². The van der Waals surface area contributed by atoms with Crippen LogP contribution in [0.3, 0.4) is 0 Å². The molecule has 0 bridgehead atoms. The van der Waals surface area contributed by atoms with E-state index in [1.54, 1.807) is 7.11 Å². The van der Waals surface area contributed by atoms with E-state index in [1.807, 2.05) is 0 Å². The van der Waals surface area contributed by atoms with Gasteiger partial charge in [-0.25, -0.2) is 0 Å². The van der Waals surface area contributed by atoms with E-state index >= 15 is 0 Å². The third-order valence-electron chi connectivity index (χ3n) is 4.07. The second-order valence-electron chi connectivity index (χ2n) is 6.79. The monoisotopic (exact) mass is 470 g/mol. The zero-order chi connectivity index (χ0) is 25.7. The van der Waals surface area contributed by atoms with Crippen LogP contribution < -0.4 is 4.43 Å². The van der Waals surface area contributed by atoms with Crippen LogP contribution in [0, 0.1) is 47.1 Å². The summed E-state index contributed by atoms with van der Waals surface area (Å²) in [4.78, 5) is 0. The summed E-state index contributed by atoms with van der Waals surface area (Å²) in [5.74, 6) is 0.972. The van der Waals surface area contributed by atoms with Crippen molar-refractivity contribution >= 4 is 12.9 Å². The summed E-state index contributed by atoms with van der Waals surface area (Å²) in [6.45, 7) is 38.0. The molecule has 0 N–H and O–H groups in total.